The highest BCUT2D eigenvalue weighted by molar-refractivity contribution is 9.10. The van der Waals surface area contributed by atoms with Gasteiger partial charge in [0.05, 0.1) is 12.1 Å². The van der Waals surface area contributed by atoms with Gasteiger partial charge in [0.15, 0.2) is 5.96 Å². The quantitative estimate of drug-likeness (QED) is 0.926. The summed E-state index contributed by atoms with van der Waals surface area (Å²) in [5, 5.41) is 0. The lowest BCUT2D eigenvalue weighted by Crippen LogP contribution is -2.47. The van der Waals surface area contributed by atoms with Crippen molar-refractivity contribution in [1.82, 2.24) is 4.90 Å². The zero-order valence-electron chi connectivity index (χ0n) is 12.0. The molecule has 1 heterocycles. The van der Waals surface area contributed by atoms with Crippen molar-refractivity contribution in [3.8, 4) is 0 Å². The summed E-state index contributed by atoms with van der Waals surface area (Å²) in [5.41, 5.74) is 8.37. The Morgan fingerprint density at radius 3 is 2.52 bits per heavy atom. The summed E-state index contributed by atoms with van der Waals surface area (Å²) >= 11 is 3.66. The number of nitrogens with two attached hydrogens (primary N) is 1. The van der Waals surface area contributed by atoms with Gasteiger partial charge in [-0.2, -0.15) is 0 Å². The van der Waals surface area contributed by atoms with Crippen LogP contribution in [0.4, 0.5) is 0 Å². The Morgan fingerprint density at radius 1 is 1.14 bits per heavy atom. The van der Waals surface area contributed by atoms with Crippen LogP contribution in [0, 0.1) is 0 Å². The molecule has 0 saturated carbocycles. The van der Waals surface area contributed by atoms with Gasteiger partial charge in [-0.1, -0.05) is 64.5 Å². The van der Waals surface area contributed by atoms with E-state index < -0.39 is 0 Å². The number of aliphatic imine (C=N–C) groups is 1. The summed E-state index contributed by atoms with van der Waals surface area (Å²) in [4.78, 5) is 6.67. The first-order chi connectivity index (χ1) is 10.1. The monoisotopic (exact) mass is 343 g/mol. The number of guanidine groups is 1. The minimum atomic E-state index is -0.222. The van der Waals surface area contributed by atoms with Gasteiger partial charge in [0.25, 0.3) is 0 Å². The molecule has 0 aromatic heterocycles. The maximum Gasteiger partial charge on any atom is 0.192 e. The molecule has 0 spiro atoms. The third-order valence-corrected chi connectivity index (χ3v) is 4.75. The molecule has 21 heavy (non-hydrogen) atoms. The fourth-order valence-corrected chi connectivity index (χ4v) is 3.52. The van der Waals surface area contributed by atoms with Gasteiger partial charge >= 0.3 is 0 Å². The van der Waals surface area contributed by atoms with Gasteiger partial charge in [-0.15, -0.1) is 0 Å². The molecule has 1 aliphatic heterocycles. The normalized spacial score (nSPS) is 21.4. The van der Waals surface area contributed by atoms with Crippen LogP contribution >= 0.6 is 15.9 Å². The summed E-state index contributed by atoms with van der Waals surface area (Å²) in [5.74, 6) is 0.608. The summed E-state index contributed by atoms with van der Waals surface area (Å²) in [6.45, 7) is 3.63. The van der Waals surface area contributed by atoms with Gasteiger partial charge in [-0.05, 0) is 24.1 Å². The predicted octanol–water partition coefficient (Wildman–Crippen LogP) is 3.49. The number of nitrogens with zero attached hydrogens (tertiary/aromatic N) is 2. The van der Waals surface area contributed by atoms with Crippen LogP contribution in [0.25, 0.3) is 0 Å². The fraction of sp³-hybridized carbons (Fsp3) is 0.235. The van der Waals surface area contributed by atoms with E-state index in [1.807, 2.05) is 12.1 Å². The third kappa shape index (κ3) is 2.56. The van der Waals surface area contributed by atoms with Gasteiger partial charge in [0.2, 0.25) is 0 Å². The molecule has 0 fully saturated rings. The Balaban J connectivity index is 1.97. The molecule has 2 aromatic rings. The minimum absolute atomic E-state index is 0.222. The molecule has 0 bridgehead atoms. The molecule has 1 unspecified atom stereocenters. The SMILES string of the molecule is CC1(c2ccccc2Br)CN=C(N)N1Cc1ccccc1. The third-order valence-electron chi connectivity index (χ3n) is 4.06. The Hall–Kier alpha value is -1.81. The molecule has 2 aromatic carbocycles. The number of rotatable bonds is 3. The van der Waals surface area contributed by atoms with E-state index in [1.54, 1.807) is 0 Å². The molecule has 2 N–H and O–H groups in total. The van der Waals surface area contributed by atoms with E-state index >= 15 is 0 Å². The molecule has 0 radical (unpaired) electrons. The van der Waals surface area contributed by atoms with Crippen LogP contribution in [0.15, 0.2) is 64.1 Å². The number of hydrogen-bond acceptors (Lipinski definition) is 3. The second-order valence-corrected chi connectivity index (χ2v) is 6.35. The predicted molar refractivity (Wildman–Crippen MR) is 90.0 cm³/mol. The van der Waals surface area contributed by atoms with Crippen molar-refractivity contribution in [2.45, 2.75) is 19.0 Å². The second-order valence-electron chi connectivity index (χ2n) is 5.50. The first-order valence-corrected chi connectivity index (χ1v) is 7.77. The van der Waals surface area contributed by atoms with Crippen LogP contribution in [-0.2, 0) is 12.1 Å². The van der Waals surface area contributed by atoms with Crippen molar-refractivity contribution in [1.29, 1.82) is 0 Å². The van der Waals surface area contributed by atoms with Crippen molar-refractivity contribution in [3.05, 3.63) is 70.2 Å². The lowest BCUT2D eigenvalue weighted by atomic mass is 9.90. The zero-order chi connectivity index (χ0) is 14.9. The molecule has 1 aliphatic rings. The highest BCUT2D eigenvalue weighted by Crippen LogP contribution is 2.37. The van der Waals surface area contributed by atoms with Crippen LogP contribution < -0.4 is 5.73 Å². The molecule has 108 valence electrons. The lowest BCUT2D eigenvalue weighted by molar-refractivity contribution is 0.216. The van der Waals surface area contributed by atoms with Gasteiger partial charge in [-0.25, -0.2) is 0 Å². The smallest absolute Gasteiger partial charge is 0.192 e. The van der Waals surface area contributed by atoms with Crippen molar-refractivity contribution >= 4 is 21.9 Å². The van der Waals surface area contributed by atoms with Crippen LogP contribution in [0.1, 0.15) is 18.1 Å². The molecule has 1 atom stereocenters. The first kappa shape index (κ1) is 14.1. The van der Waals surface area contributed by atoms with E-state index in [0.717, 1.165) is 11.0 Å². The average Bonchev–Trinajstić information content (AvgIpc) is 2.78. The summed E-state index contributed by atoms with van der Waals surface area (Å²) in [6.07, 6.45) is 0. The Bertz CT molecular complexity index is 669. The molecule has 3 rings (SSSR count). The summed E-state index contributed by atoms with van der Waals surface area (Å²) < 4.78 is 1.09. The lowest BCUT2D eigenvalue weighted by Gasteiger charge is -2.37. The van der Waals surface area contributed by atoms with E-state index in [1.165, 1.54) is 11.1 Å². The molecule has 0 amide bonds. The molecule has 0 saturated heterocycles. The maximum absolute atomic E-state index is 6.15. The van der Waals surface area contributed by atoms with E-state index in [0.29, 0.717) is 12.5 Å². The van der Waals surface area contributed by atoms with Gasteiger partial charge in [-0.3, -0.25) is 4.99 Å². The van der Waals surface area contributed by atoms with Crippen LogP contribution in [-0.4, -0.2) is 17.4 Å². The highest BCUT2D eigenvalue weighted by Gasteiger charge is 2.40. The minimum Gasteiger partial charge on any atom is -0.370 e. The molecule has 3 nitrogen and oxygen atoms in total. The Morgan fingerprint density at radius 2 is 1.81 bits per heavy atom. The van der Waals surface area contributed by atoms with Gasteiger partial charge < -0.3 is 10.6 Å². The first-order valence-electron chi connectivity index (χ1n) is 6.98. The molecular formula is C17H18BrN3. The van der Waals surface area contributed by atoms with E-state index in [-0.39, 0.29) is 5.54 Å². The number of benzene rings is 2. The number of halogens is 1. The van der Waals surface area contributed by atoms with Crippen LogP contribution in [0.2, 0.25) is 0 Å². The molecule has 0 aliphatic carbocycles. The largest absolute Gasteiger partial charge is 0.370 e. The van der Waals surface area contributed by atoms with Gasteiger partial charge in [0.1, 0.15) is 0 Å². The van der Waals surface area contributed by atoms with Crippen LogP contribution in [0.5, 0.6) is 0 Å². The van der Waals surface area contributed by atoms with Crippen LogP contribution in [0.3, 0.4) is 0 Å². The van der Waals surface area contributed by atoms with E-state index in [9.17, 15) is 0 Å². The zero-order valence-corrected chi connectivity index (χ0v) is 13.5. The topological polar surface area (TPSA) is 41.6 Å². The molecular weight excluding hydrogens is 326 g/mol. The second kappa shape index (κ2) is 5.53. The number of hydrogen-bond donors (Lipinski definition) is 1. The summed E-state index contributed by atoms with van der Waals surface area (Å²) in [7, 11) is 0. The standard InChI is InChI=1S/C17H18BrN3/c1-17(14-9-5-6-10-15(14)18)12-20-16(19)21(17)11-13-7-3-2-4-8-13/h2-10H,11-12H2,1H3,(H2,19,20). The average molecular weight is 344 g/mol. The van der Waals surface area contributed by atoms with Crippen molar-refractivity contribution in [2.24, 2.45) is 10.7 Å². The summed E-state index contributed by atoms with van der Waals surface area (Å²) in [6, 6.07) is 18.6. The van der Waals surface area contributed by atoms with E-state index in [2.05, 4.69) is 75.2 Å². The van der Waals surface area contributed by atoms with Crippen molar-refractivity contribution < 1.29 is 0 Å². The Labute approximate surface area is 133 Å². The maximum atomic E-state index is 6.15. The highest BCUT2D eigenvalue weighted by atomic mass is 79.9. The fourth-order valence-electron chi connectivity index (χ4n) is 2.81. The Kier molecular flexibility index (Phi) is 3.72. The van der Waals surface area contributed by atoms with Gasteiger partial charge in [0, 0.05) is 11.0 Å². The van der Waals surface area contributed by atoms with Crippen molar-refractivity contribution in [3.63, 3.8) is 0 Å². The molecule has 4 heteroatoms. The van der Waals surface area contributed by atoms with E-state index in [4.69, 9.17) is 5.73 Å². The van der Waals surface area contributed by atoms with Crippen molar-refractivity contribution in [2.75, 3.05) is 6.54 Å².